The van der Waals surface area contributed by atoms with Gasteiger partial charge in [-0.1, -0.05) is 84.5 Å². The van der Waals surface area contributed by atoms with Crippen LogP contribution in [0.5, 0.6) is 0 Å². The molecular weight excluding hydrogens is 466 g/mol. The van der Waals surface area contributed by atoms with Crippen LogP contribution in [0.1, 0.15) is 40.0 Å². The Balaban J connectivity index is 0.000000171. The van der Waals surface area contributed by atoms with Crippen LogP contribution in [0.25, 0.3) is 27.2 Å². The van der Waals surface area contributed by atoms with Crippen molar-refractivity contribution in [3.05, 3.63) is 137 Å². The van der Waals surface area contributed by atoms with Crippen LogP contribution < -0.4 is 5.73 Å². The van der Waals surface area contributed by atoms with E-state index in [1.165, 1.54) is 40.3 Å². The molecule has 186 valence electrons. The number of hydrogen-bond donors (Lipinski definition) is 1. The van der Waals surface area contributed by atoms with Gasteiger partial charge in [-0.05, 0) is 82.8 Å². The molecular formula is C34H29N3O. The average Bonchev–Trinajstić information content (AvgIpc) is 2.98. The number of pyridine rings is 2. The number of aromatic nitrogens is 2. The van der Waals surface area contributed by atoms with Crippen molar-refractivity contribution in [2.45, 2.75) is 25.7 Å². The van der Waals surface area contributed by atoms with E-state index in [0.29, 0.717) is 5.92 Å². The Morgan fingerprint density at radius 2 is 1.71 bits per heavy atom. The minimum Gasteiger partial charge on any atom is -0.364 e. The molecule has 2 aromatic heterocycles. The number of benzene rings is 3. The summed E-state index contributed by atoms with van der Waals surface area (Å²) >= 11 is 0. The normalized spacial score (nSPS) is 15.9. The molecule has 2 N–H and O–H groups in total. The molecule has 2 aliphatic rings. The number of nitrogens with two attached hydrogens (primary N) is 1. The van der Waals surface area contributed by atoms with Gasteiger partial charge in [0.05, 0.1) is 5.52 Å². The van der Waals surface area contributed by atoms with Gasteiger partial charge >= 0.3 is 0 Å². The maximum Gasteiger partial charge on any atom is 0.267 e. The summed E-state index contributed by atoms with van der Waals surface area (Å²) in [6.45, 7) is 0. The van der Waals surface area contributed by atoms with Gasteiger partial charge in [-0.2, -0.15) is 0 Å². The fourth-order valence-corrected chi connectivity index (χ4v) is 5.74. The van der Waals surface area contributed by atoms with Crippen molar-refractivity contribution in [3.63, 3.8) is 0 Å². The van der Waals surface area contributed by atoms with Gasteiger partial charge in [-0.3, -0.25) is 9.78 Å². The number of amides is 1. The average molecular weight is 496 g/mol. The van der Waals surface area contributed by atoms with Crippen LogP contribution in [0.4, 0.5) is 0 Å². The number of allylic oxidation sites excluding steroid dienone is 4. The summed E-state index contributed by atoms with van der Waals surface area (Å²) in [5.74, 6) is 0.111. The molecule has 0 radical (unpaired) electrons. The molecule has 3 aromatic carbocycles. The van der Waals surface area contributed by atoms with Crippen molar-refractivity contribution in [2.75, 3.05) is 0 Å². The minimum atomic E-state index is -0.515. The first-order valence-electron chi connectivity index (χ1n) is 13.1. The van der Waals surface area contributed by atoms with E-state index in [0.717, 1.165) is 23.7 Å². The van der Waals surface area contributed by atoms with Gasteiger partial charge in [-0.25, -0.2) is 4.98 Å². The summed E-state index contributed by atoms with van der Waals surface area (Å²) in [5, 5.41) is 3.69. The van der Waals surface area contributed by atoms with Crippen molar-refractivity contribution in [1.29, 1.82) is 0 Å². The molecule has 1 amide bonds. The SMILES string of the molecule is C1=CC2=C(CC1)C(Cc1ccccc1)Cc1c2ccc2ccccc12.NC(=O)c1ccc2cnccc2n1. The first kappa shape index (κ1) is 23.8. The standard InChI is InChI=1S/C25H22.C9H7N3O/c1-2-8-18(9-3-1)16-20-17-25-21-11-5-4-10-19(21)14-15-24(25)23-13-7-6-12-22(20)23;10-9(13)8-2-1-6-5-11-4-3-7(6)12-8/h1-5,7-11,13-15,20H,6,12,16-17H2;1-5H,(H2,10,13). The number of primary amides is 1. The van der Waals surface area contributed by atoms with Crippen LogP contribution >= 0.6 is 0 Å². The number of fused-ring (bicyclic) bond motifs is 5. The molecule has 5 aromatic rings. The van der Waals surface area contributed by atoms with E-state index in [9.17, 15) is 4.79 Å². The second-order valence-corrected chi connectivity index (χ2v) is 9.91. The van der Waals surface area contributed by atoms with Crippen LogP contribution in [-0.2, 0) is 12.8 Å². The van der Waals surface area contributed by atoms with E-state index in [1.54, 1.807) is 41.7 Å². The third-order valence-corrected chi connectivity index (χ3v) is 7.55. The zero-order chi connectivity index (χ0) is 25.9. The number of carbonyl (C=O) groups is 1. The summed E-state index contributed by atoms with van der Waals surface area (Å²) in [5.41, 5.74) is 13.7. The molecule has 4 heteroatoms. The molecule has 0 spiro atoms. The summed E-state index contributed by atoms with van der Waals surface area (Å²) in [4.78, 5) is 18.8. The minimum absolute atomic E-state index is 0.277. The highest BCUT2D eigenvalue weighted by molar-refractivity contribution is 5.94. The zero-order valence-corrected chi connectivity index (χ0v) is 21.2. The summed E-state index contributed by atoms with van der Waals surface area (Å²) in [6.07, 6.45) is 12.8. The Morgan fingerprint density at radius 1 is 0.895 bits per heavy atom. The van der Waals surface area contributed by atoms with Gasteiger partial charge in [0.2, 0.25) is 0 Å². The second kappa shape index (κ2) is 10.4. The van der Waals surface area contributed by atoms with Crippen LogP contribution in [0.3, 0.4) is 0 Å². The lowest BCUT2D eigenvalue weighted by Gasteiger charge is -2.32. The highest BCUT2D eigenvalue weighted by atomic mass is 16.1. The van der Waals surface area contributed by atoms with Crippen LogP contribution in [0.15, 0.2) is 115 Å². The first-order chi connectivity index (χ1) is 18.7. The quantitative estimate of drug-likeness (QED) is 0.291. The van der Waals surface area contributed by atoms with Crippen molar-refractivity contribution in [1.82, 2.24) is 9.97 Å². The molecule has 0 saturated carbocycles. The largest absolute Gasteiger partial charge is 0.364 e. The highest BCUT2D eigenvalue weighted by Crippen LogP contribution is 2.43. The van der Waals surface area contributed by atoms with Crippen molar-refractivity contribution >= 4 is 33.2 Å². The monoisotopic (exact) mass is 495 g/mol. The lowest BCUT2D eigenvalue weighted by atomic mass is 9.72. The maximum absolute atomic E-state index is 10.8. The second-order valence-electron chi connectivity index (χ2n) is 9.91. The van der Waals surface area contributed by atoms with Gasteiger partial charge in [0, 0.05) is 17.8 Å². The van der Waals surface area contributed by atoms with Crippen molar-refractivity contribution in [2.24, 2.45) is 11.7 Å². The Bertz CT molecular complexity index is 1700. The molecule has 1 atom stereocenters. The van der Waals surface area contributed by atoms with Crippen molar-refractivity contribution < 1.29 is 4.79 Å². The van der Waals surface area contributed by atoms with Gasteiger partial charge in [0.25, 0.3) is 5.91 Å². The molecule has 2 aliphatic carbocycles. The predicted octanol–water partition coefficient (Wildman–Crippen LogP) is 7.09. The van der Waals surface area contributed by atoms with E-state index in [2.05, 4.69) is 88.9 Å². The Kier molecular flexibility index (Phi) is 6.53. The fraction of sp³-hybridized carbons (Fsp3) is 0.147. The Labute approximate surface area is 222 Å². The molecule has 0 aliphatic heterocycles. The van der Waals surface area contributed by atoms with Gasteiger partial charge in [0.15, 0.2) is 0 Å². The molecule has 0 saturated heterocycles. The molecule has 4 nitrogen and oxygen atoms in total. The first-order valence-corrected chi connectivity index (χ1v) is 13.1. The Hall–Kier alpha value is -4.57. The number of carbonyl (C=O) groups excluding carboxylic acids is 1. The van der Waals surface area contributed by atoms with E-state index in [1.807, 2.05) is 0 Å². The van der Waals surface area contributed by atoms with Crippen LogP contribution in [0.2, 0.25) is 0 Å². The lowest BCUT2D eigenvalue weighted by molar-refractivity contribution is 0.0996. The number of nitrogens with zero attached hydrogens (tertiary/aromatic N) is 2. The molecule has 7 rings (SSSR count). The summed E-state index contributed by atoms with van der Waals surface area (Å²) < 4.78 is 0. The third kappa shape index (κ3) is 4.73. The number of rotatable bonds is 3. The van der Waals surface area contributed by atoms with Crippen molar-refractivity contribution in [3.8, 4) is 0 Å². The van der Waals surface area contributed by atoms with Gasteiger partial charge in [-0.15, -0.1) is 0 Å². The van der Waals surface area contributed by atoms with E-state index in [-0.39, 0.29) is 5.69 Å². The van der Waals surface area contributed by atoms with E-state index >= 15 is 0 Å². The summed E-state index contributed by atoms with van der Waals surface area (Å²) in [6, 6.07) is 29.6. The maximum atomic E-state index is 10.8. The highest BCUT2D eigenvalue weighted by Gasteiger charge is 2.28. The topological polar surface area (TPSA) is 68.9 Å². The molecule has 2 heterocycles. The van der Waals surface area contributed by atoms with E-state index < -0.39 is 5.91 Å². The molecule has 0 fully saturated rings. The lowest BCUT2D eigenvalue weighted by Crippen LogP contribution is -2.20. The van der Waals surface area contributed by atoms with Gasteiger partial charge < -0.3 is 5.73 Å². The molecule has 1 unspecified atom stereocenters. The fourth-order valence-electron chi connectivity index (χ4n) is 5.74. The smallest absolute Gasteiger partial charge is 0.267 e. The number of hydrogen-bond acceptors (Lipinski definition) is 3. The Morgan fingerprint density at radius 3 is 2.58 bits per heavy atom. The summed E-state index contributed by atoms with van der Waals surface area (Å²) in [7, 11) is 0. The van der Waals surface area contributed by atoms with Gasteiger partial charge in [0.1, 0.15) is 5.69 Å². The van der Waals surface area contributed by atoms with E-state index in [4.69, 9.17) is 5.73 Å². The third-order valence-electron chi connectivity index (χ3n) is 7.55. The zero-order valence-electron chi connectivity index (χ0n) is 21.2. The van der Waals surface area contributed by atoms with Crippen LogP contribution in [-0.4, -0.2) is 15.9 Å². The predicted molar refractivity (Wildman–Crippen MR) is 155 cm³/mol. The molecule has 38 heavy (non-hydrogen) atoms. The molecule has 0 bridgehead atoms. The van der Waals surface area contributed by atoms with Crippen LogP contribution in [0, 0.1) is 5.92 Å².